The summed E-state index contributed by atoms with van der Waals surface area (Å²) in [5, 5.41) is 10.9. The third kappa shape index (κ3) is 1.97. The van der Waals surface area contributed by atoms with E-state index >= 15 is 0 Å². The Morgan fingerprint density at radius 2 is 1.92 bits per heavy atom. The number of allylic oxidation sites excluding steroid dienone is 1. The van der Waals surface area contributed by atoms with E-state index in [0.29, 0.717) is 12.8 Å². The Labute approximate surface area is 145 Å². The van der Waals surface area contributed by atoms with Crippen molar-refractivity contribution in [3.63, 3.8) is 0 Å². The lowest BCUT2D eigenvalue weighted by atomic mass is 9.59. The predicted octanol–water partition coefficient (Wildman–Crippen LogP) is 1.47. The van der Waals surface area contributed by atoms with Gasteiger partial charge in [0.2, 0.25) is 0 Å². The molecule has 0 aromatic carbocycles. The molecule has 6 nitrogen and oxygen atoms in total. The molecule has 0 aromatic heterocycles. The highest BCUT2D eigenvalue weighted by Gasteiger charge is 2.70. The molecule has 1 unspecified atom stereocenters. The van der Waals surface area contributed by atoms with Crippen molar-refractivity contribution in [2.75, 3.05) is 0 Å². The van der Waals surface area contributed by atoms with E-state index in [-0.39, 0.29) is 41.2 Å². The van der Waals surface area contributed by atoms with Gasteiger partial charge in [0, 0.05) is 24.7 Å². The minimum Gasteiger partial charge on any atom is -0.484 e. The quantitative estimate of drug-likeness (QED) is 0.528. The summed E-state index contributed by atoms with van der Waals surface area (Å²) in [6.07, 6.45) is 3.07. The Kier molecular flexibility index (Phi) is 3.33. The van der Waals surface area contributed by atoms with Crippen molar-refractivity contribution in [1.29, 1.82) is 0 Å². The van der Waals surface area contributed by atoms with Crippen molar-refractivity contribution in [3.05, 3.63) is 23.5 Å². The van der Waals surface area contributed by atoms with Crippen LogP contribution < -0.4 is 0 Å². The van der Waals surface area contributed by atoms with E-state index in [2.05, 4.69) is 0 Å². The van der Waals surface area contributed by atoms with Crippen LogP contribution in [-0.2, 0) is 23.9 Å². The topological polar surface area (TPSA) is 89.9 Å². The summed E-state index contributed by atoms with van der Waals surface area (Å²) in [5.41, 5.74) is -2.16. The zero-order valence-electron chi connectivity index (χ0n) is 14.6. The van der Waals surface area contributed by atoms with E-state index in [1.807, 2.05) is 6.92 Å². The van der Waals surface area contributed by atoms with Crippen LogP contribution in [0.5, 0.6) is 0 Å². The monoisotopic (exact) mass is 346 g/mol. The van der Waals surface area contributed by atoms with Crippen LogP contribution >= 0.6 is 0 Å². The number of esters is 1. The maximum Gasteiger partial charge on any atom is 0.346 e. The molecular formula is C19H22O6. The standard InChI is InChI=1S/C19H22O6/c1-9-4-6-13(21)14-16-19(25-17(14)23)8-10(2)18(3,24-16)15(22)11(19)5-7-12(9)20/h5,7,9-11,15,22H,4,6,8H2,1-3H3/b7-5+/t9-,10-,11?,15-,18+,19-/m1/s1. The number of fused-ring (bicyclic) bond motifs is 1. The van der Waals surface area contributed by atoms with E-state index in [1.165, 1.54) is 6.08 Å². The number of ketones is 2. The molecule has 0 amide bonds. The minimum absolute atomic E-state index is 0.0371. The van der Waals surface area contributed by atoms with Gasteiger partial charge >= 0.3 is 5.97 Å². The van der Waals surface area contributed by atoms with Crippen LogP contribution in [0.15, 0.2) is 23.5 Å². The van der Waals surface area contributed by atoms with Crippen LogP contribution in [0.1, 0.15) is 40.0 Å². The van der Waals surface area contributed by atoms with Crippen molar-refractivity contribution in [2.24, 2.45) is 17.8 Å². The summed E-state index contributed by atoms with van der Waals surface area (Å²) in [6.45, 7) is 5.48. The molecule has 5 aliphatic rings. The normalized spacial score (nSPS) is 47.3. The average molecular weight is 346 g/mol. The largest absolute Gasteiger partial charge is 0.484 e. The molecule has 3 heterocycles. The molecule has 3 aliphatic heterocycles. The van der Waals surface area contributed by atoms with Gasteiger partial charge in [-0.25, -0.2) is 4.79 Å². The first kappa shape index (κ1) is 16.5. The molecule has 5 bridgehead atoms. The zero-order chi connectivity index (χ0) is 18.1. The van der Waals surface area contributed by atoms with Gasteiger partial charge in [-0.05, 0) is 19.4 Å². The van der Waals surface area contributed by atoms with Crippen LogP contribution in [0.2, 0.25) is 0 Å². The third-order valence-electron chi connectivity index (χ3n) is 6.50. The van der Waals surface area contributed by atoms with Gasteiger partial charge in [0.25, 0.3) is 0 Å². The highest BCUT2D eigenvalue weighted by atomic mass is 16.6. The van der Waals surface area contributed by atoms with Crippen LogP contribution in [-0.4, -0.2) is 39.9 Å². The predicted molar refractivity (Wildman–Crippen MR) is 86.2 cm³/mol. The van der Waals surface area contributed by atoms with Gasteiger partial charge < -0.3 is 14.6 Å². The Morgan fingerprint density at radius 1 is 1.20 bits per heavy atom. The third-order valence-corrected chi connectivity index (χ3v) is 6.50. The van der Waals surface area contributed by atoms with E-state index < -0.39 is 29.2 Å². The van der Waals surface area contributed by atoms with Gasteiger partial charge in [-0.3, -0.25) is 9.59 Å². The second-order valence-electron chi connectivity index (χ2n) is 7.97. The van der Waals surface area contributed by atoms with E-state index in [0.717, 1.165) is 0 Å². The van der Waals surface area contributed by atoms with Crippen molar-refractivity contribution >= 4 is 17.5 Å². The lowest BCUT2D eigenvalue weighted by molar-refractivity contribution is -0.262. The van der Waals surface area contributed by atoms with Gasteiger partial charge in [0.05, 0.1) is 5.92 Å². The number of aliphatic hydroxyl groups excluding tert-OH is 1. The molecule has 1 saturated carbocycles. The first-order chi connectivity index (χ1) is 11.7. The van der Waals surface area contributed by atoms with Gasteiger partial charge in [0.1, 0.15) is 17.3 Å². The Balaban J connectivity index is 1.94. The van der Waals surface area contributed by atoms with Crippen LogP contribution in [0, 0.1) is 17.8 Å². The Hall–Kier alpha value is -1.95. The zero-order valence-corrected chi connectivity index (χ0v) is 14.6. The molecule has 5 rings (SSSR count). The van der Waals surface area contributed by atoms with Gasteiger partial charge in [0.15, 0.2) is 22.9 Å². The summed E-state index contributed by atoms with van der Waals surface area (Å²) < 4.78 is 11.7. The number of aliphatic hydroxyl groups is 1. The summed E-state index contributed by atoms with van der Waals surface area (Å²) in [4.78, 5) is 37.5. The molecule has 3 fully saturated rings. The average Bonchev–Trinajstić information content (AvgIpc) is 2.82. The lowest BCUT2D eigenvalue weighted by Crippen LogP contribution is -2.69. The number of carbonyl (C=O) groups is 3. The number of hydrogen-bond donors (Lipinski definition) is 1. The second-order valence-corrected chi connectivity index (χ2v) is 7.97. The van der Waals surface area contributed by atoms with E-state index in [1.54, 1.807) is 19.9 Å². The molecule has 0 radical (unpaired) electrons. The molecule has 6 heteroatoms. The number of ether oxygens (including phenoxy) is 2. The summed E-state index contributed by atoms with van der Waals surface area (Å²) in [5.74, 6) is -1.86. The number of hydrogen-bond acceptors (Lipinski definition) is 6. The van der Waals surface area contributed by atoms with Crippen LogP contribution in [0.3, 0.4) is 0 Å². The highest BCUT2D eigenvalue weighted by molar-refractivity contribution is 6.19. The SMILES string of the molecule is C[C@@H]1CCC(=O)C2=C3O[C@@]4(C)[C@H](C)C[C@@]3(OC2=O)C(/C=C/C1=O)[C@H]4O. The fraction of sp³-hybridized carbons (Fsp3) is 0.632. The summed E-state index contributed by atoms with van der Waals surface area (Å²) >= 11 is 0. The van der Waals surface area contributed by atoms with E-state index in [9.17, 15) is 19.5 Å². The molecule has 25 heavy (non-hydrogen) atoms. The first-order valence-corrected chi connectivity index (χ1v) is 8.81. The number of Topliss-reactive ketones (excluding diaryl/α,β-unsaturated/α-hetero) is 1. The highest BCUT2D eigenvalue weighted by Crippen LogP contribution is 2.60. The Bertz CT molecular complexity index is 749. The molecule has 1 N–H and O–H groups in total. The number of carbonyl (C=O) groups excluding carboxylic acids is 3. The second kappa shape index (κ2) is 5.04. The van der Waals surface area contributed by atoms with Crippen molar-refractivity contribution < 1.29 is 29.0 Å². The van der Waals surface area contributed by atoms with E-state index in [4.69, 9.17) is 9.47 Å². The minimum atomic E-state index is -1.19. The molecule has 0 aromatic rings. The maximum absolute atomic E-state index is 12.7. The molecule has 2 aliphatic carbocycles. The molecular weight excluding hydrogens is 324 g/mol. The number of rotatable bonds is 0. The van der Waals surface area contributed by atoms with Gasteiger partial charge in [-0.1, -0.05) is 19.9 Å². The van der Waals surface area contributed by atoms with Crippen molar-refractivity contribution in [3.8, 4) is 0 Å². The van der Waals surface area contributed by atoms with Gasteiger partial charge in [-0.15, -0.1) is 0 Å². The molecule has 2 saturated heterocycles. The maximum atomic E-state index is 12.7. The first-order valence-electron chi connectivity index (χ1n) is 8.81. The molecule has 6 atom stereocenters. The summed E-state index contributed by atoms with van der Waals surface area (Å²) in [6, 6.07) is 0. The van der Waals surface area contributed by atoms with Crippen LogP contribution in [0.25, 0.3) is 0 Å². The van der Waals surface area contributed by atoms with Crippen LogP contribution in [0.4, 0.5) is 0 Å². The molecule has 134 valence electrons. The van der Waals surface area contributed by atoms with Crippen molar-refractivity contribution in [2.45, 2.75) is 57.3 Å². The van der Waals surface area contributed by atoms with Crippen molar-refractivity contribution in [1.82, 2.24) is 0 Å². The fourth-order valence-electron chi connectivity index (χ4n) is 4.61. The lowest BCUT2D eigenvalue weighted by Gasteiger charge is -2.59. The molecule has 1 spiro atoms. The Morgan fingerprint density at radius 3 is 2.64 bits per heavy atom. The summed E-state index contributed by atoms with van der Waals surface area (Å²) in [7, 11) is 0. The smallest absolute Gasteiger partial charge is 0.346 e. The van der Waals surface area contributed by atoms with Gasteiger partial charge in [-0.2, -0.15) is 0 Å². The fourth-order valence-corrected chi connectivity index (χ4v) is 4.61.